The molecule has 0 radical (unpaired) electrons. The van der Waals surface area contributed by atoms with Gasteiger partial charge in [0.2, 0.25) is 5.91 Å². The van der Waals surface area contributed by atoms with Crippen LogP contribution in [-0.4, -0.2) is 43.2 Å². The van der Waals surface area contributed by atoms with Crippen LogP contribution in [0.1, 0.15) is 46.5 Å². The van der Waals surface area contributed by atoms with Gasteiger partial charge < -0.3 is 14.8 Å². The molecule has 0 bridgehead atoms. The highest BCUT2D eigenvalue weighted by atomic mass is 16.6. The van der Waals surface area contributed by atoms with Gasteiger partial charge in [-0.25, -0.2) is 0 Å². The van der Waals surface area contributed by atoms with E-state index in [4.69, 9.17) is 9.47 Å². The summed E-state index contributed by atoms with van der Waals surface area (Å²) >= 11 is 0. The second-order valence-electron chi connectivity index (χ2n) is 6.05. The van der Waals surface area contributed by atoms with Crippen molar-refractivity contribution in [3.8, 4) is 11.5 Å². The van der Waals surface area contributed by atoms with Crippen LogP contribution in [0.15, 0.2) is 18.2 Å². The fourth-order valence-electron chi connectivity index (χ4n) is 3.12. The molecule has 134 valence electrons. The SMILES string of the molecule is CCCCCC(C(=O)Nc1cccc2c1OCCO2)N(CC)CC. The van der Waals surface area contributed by atoms with Gasteiger partial charge in [0.05, 0.1) is 11.7 Å². The first-order chi connectivity index (χ1) is 11.7. The number of anilines is 1. The Labute approximate surface area is 145 Å². The maximum atomic E-state index is 12.9. The van der Waals surface area contributed by atoms with Crippen molar-refractivity contribution >= 4 is 11.6 Å². The number of amides is 1. The fraction of sp³-hybridized carbons (Fsp3) is 0.632. The average molecular weight is 334 g/mol. The van der Waals surface area contributed by atoms with E-state index in [1.807, 2.05) is 18.2 Å². The number of carbonyl (C=O) groups is 1. The van der Waals surface area contributed by atoms with Gasteiger partial charge in [-0.2, -0.15) is 0 Å². The van der Waals surface area contributed by atoms with Crippen LogP contribution in [0.2, 0.25) is 0 Å². The smallest absolute Gasteiger partial charge is 0.241 e. The molecule has 0 saturated heterocycles. The molecule has 1 aromatic carbocycles. The van der Waals surface area contributed by atoms with E-state index in [1.54, 1.807) is 0 Å². The van der Waals surface area contributed by atoms with E-state index in [2.05, 4.69) is 31.0 Å². The van der Waals surface area contributed by atoms with E-state index >= 15 is 0 Å². The fourth-order valence-corrected chi connectivity index (χ4v) is 3.12. The molecule has 0 aliphatic carbocycles. The van der Waals surface area contributed by atoms with Gasteiger partial charge in [-0.3, -0.25) is 9.69 Å². The largest absolute Gasteiger partial charge is 0.486 e. The van der Waals surface area contributed by atoms with Crippen molar-refractivity contribution in [2.24, 2.45) is 0 Å². The Morgan fingerprint density at radius 1 is 1.17 bits per heavy atom. The summed E-state index contributed by atoms with van der Waals surface area (Å²) in [6.45, 7) is 9.18. The lowest BCUT2D eigenvalue weighted by Gasteiger charge is -2.29. The number of hydrogen-bond acceptors (Lipinski definition) is 4. The van der Waals surface area contributed by atoms with Crippen molar-refractivity contribution in [3.63, 3.8) is 0 Å². The Bertz CT molecular complexity index is 529. The number of nitrogens with zero attached hydrogens (tertiary/aromatic N) is 1. The molecule has 0 fully saturated rings. The molecule has 0 saturated carbocycles. The number of fused-ring (bicyclic) bond motifs is 1. The van der Waals surface area contributed by atoms with E-state index in [0.717, 1.165) is 38.8 Å². The predicted octanol–water partition coefficient (Wildman–Crippen LogP) is 3.69. The molecule has 1 atom stereocenters. The van der Waals surface area contributed by atoms with Gasteiger partial charge in [0.25, 0.3) is 0 Å². The third kappa shape index (κ3) is 4.63. The molecular formula is C19H30N2O3. The molecule has 1 aliphatic rings. The van der Waals surface area contributed by atoms with Crippen LogP contribution in [0.3, 0.4) is 0 Å². The zero-order valence-electron chi connectivity index (χ0n) is 15.1. The molecule has 0 aromatic heterocycles. The third-order valence-corrected chi connectivity index (χ3v) is 4.46. The van der Waals surface area contributed by atoms with Crippen LogP contribution in [0.25, 0.3) is 0 Å². The van der Waals surface area contributed by atoms with Gasteiger partial charge in [-0.05, 0) is 31.6 Å². The third-order valence-electron chi connectivity index (χ3n) is 4.46. The lowest BCUT2D eigenvalue weighted by Crippen LogP contribution is -2.44. The number of rotatable bonds is 9. The van der Waals surface area contributed by atoms with E-state index in [9.17, 15) is 4.79 Å². The van der Waals surface area contributed by atoms with Crippen molar-refractivity contribution in [2.45, 2.75) is 52.5 Å². The summed E-state index contributed by atoms with van der Waals surface area (Å²) in [6, 6.07) is 5.52. The van der Waals surface area contributed by atoms with Gasteiger partial charge in [0.1, 0.15) is 13.2 Å². The lowest BCUT2D eigenvalue weighted by atomic mass is 10.1. The summed E-state index contributed by atoms with van der Waals surface area (Å²) in [6.07, 6.45) is 4.26. The Morgan fingerprint density at radius 2 is 1.92 bits per heavy atom. The van der Waals surface area contributed by atoms with Crippen molar-refractivity contribution in [1.82, 2.24) is 4.90 Å². The molecule has 0 spiro atoms. The summed E-state index contributed by atoms with van der Waals surface area (Å²) in [5.41, 5.74) is 0.699. The molecular weight excluding hydrogens is 304 g/mol. The predicted molar refractivity (Wildman–Crippen MR) is 96.9 cm³/mol. The minimum absolute atomic E-state index is 0.0392. The number of unbranched alkanes of at least 4 members (excludes halogenated alkanes) is 2. The topological polar surface area (TPSA) is 50.8 Å². The minimum atomic E-state index is -0.105. The van der Waals surface area contributed by atoms with Gasteiger partial charge in [0.15, 0.2) is 11.5 Å². The number of benzene rings is 1. The summed E-state index contributed by atoms with van der Waals surface area (Å²) in [5, 5.41) is 3.06. The van der Waals surface area contributed by atoms with Crippen molar-refractivity contribution in [2.75, 3.05) is 31.6 Å². The summed E-state index contributed by atoms with van der Waals surface area (Å²) in [4.78, 5) is 15.1. The first-order valence-electron chi connectivity index (χ1n) is 9.14. The lowest BCUT2D eigenvalue weighted by molar-refractivity contribution is -0.121. The van der Waals surface area contributed by atoms with Crippen LogP contribution in [0.4, 0.5) is 5.69 Å². The Balaban J connectivity index is 2.11. The van der Waals surface area contributed by atoms with E-state index in [-0.39, 0.29) is 11.9 Å². The zero-order chi connectivity index (χ0) is 17.4. The average Bonchev–Trinajstić information content (AvgIpc) is 2.61. The normalized spacial score (nSPS) is 14.5. The van der Waals surface area contributed by atoms with Crippen LogP contribution < -0.4 is 14.8 Å². The molecule has 1 aromatic rings. The molecule has 1 unspecified atom stereocenters. The van der Waals surface area contributed by atoms with Gasteiger partial charge >= 0.3 is 0 Å². The first-order valence-corrected chi connectivity index (χ1v) is 9.14. The van der Waals surface area contributed by atoms with Crippen molar-refractivity contribution in [1.29, 1.82) is 0 Å². The number of hydrogen-bond donors (Lipinski definition) is 1. The van der Waals surface area contributed by atoms with Crippen LogP contribution in [0.5, 0.6) is 11.5 Å². The number of carbonyl (C=O) groups excluding carboxylic acids is 1. The summed E-state index contributed by atoms with van der Waals surface area (Å²) < 4.78 is 11.3. The summed E-state index contributed by atoms with van der Waals surface area (Å²) in [7, 11) is 0. The van der Waals surface area contributed by atoms with E-state index < -0.39 is 0 Å². The second-order valence-corrected chi connectivity index (χ2v) is 6.05. The standard InChI is InChI=1S/C19H30N2O3/c1-4-7-8-11-16(21(5-2)6-3)19(22)20-15-10-9-12-17-18(15)24-14-13-23-17/h9-10,12,16H,4-8,11,13-14H2,1-3H3,(H,20,22). The number of ether oxygens (including phenoxy) is 2. The van der Waals surface area contributed by atoms with E-state index in [0.29, 0.717) is 30.4 Å². The molecule has 5 heteroatoms. The maximum Gasteiger partial charge on any atom is 0.241 e. The Morgan fingerprint density at radius 3 is 2.62 bits per heavy atom. The van der Waals surface area contributed by atoms with Crippen molar-refractivity contribution < 1.29 is 14.3 Å². The Kier molecular flexibility index (Phi) is 7.37. The van der Waals surface area contributed by atoms with Crippen LogP contribution in [-0.2, 0) is 4.79 Å². The molecule has 5 nitrogen and oxygen atoms in total. The maximum absolute atomic E-state index is 12.9. The monoisotopic (exact) mass is 334 g/mol. The first kappa shape index (κ1) is 18.6. The van der Waals surface area contributed by atoms with Crippen LogP contribution >= 0.6 is 0 Å². The van der Waals surface area contributed by atoms with Gasteiger partial charge in [-0.1, -0.05) is 46.1 Å². The van der Waals surface area contributed by atoms with Crippen LogP contribution in [0, 0.1) is 0 Å². The summed E-state index contributed by atoms with van der Waals surface area (Å²) in [5.74, 6) is 1.38. The number of likely N-dealkylation sites (N-methyl/N-ethyl adjacent to an activating group) is 1. The Hall–Kier alpha value is -1.75. The van der Waals surface area contributed by atoms with E-state index in [1.165, 1.54) is 0 Å². The van der Waals surface area contributed by atoms with Gasteiger partial charge in [0, 0.05) is 0 Å². The number of para-hydroxylation sites is 1. The highest BCUT2D eigenvalue weighted by Crippen LogP contribution is 2.37. The molecule has 1 amide bonds. The number of nitrogens with one attached hydrogen (secondary N) is 1. The second kappa shape index (κ2) is 9.52. The molecule has 2 rings (SSSR count). The molecule has 24 heavy (non-hydrogen) atoms. The quantitative estimate of drug-likeness (QED) is 0.700. The molecule has 1 heterocycles. The minimum Gasteiger partial charge on any atom is -0.486 e. The zero-order valence-corrected chi connectivity index (χ0v) is 15.1. The molecule has 1 N–H and O–H groups in total. The highest BCUT2D eigenvalue weighted by Gasteiger charge is 2.25. The van der Waals surface area contributed by atoms with Crippen molar-refractivity contribution in [3.05, 3.63) is 18.2 Å². The highest BCUT2D eigenvalue weighted by molar-refractivity contribution is 5.96. The molecule has 1 aliphatic heterocycles. The van der Waals surface area contributed by atoms with Gasteiger partial charge in [-0.15, -0.1) is 0 Å².